The summed E-state index contributed by atoms with van der Waals surface area (Å²) in [4.78, 5) is 12.5. The summed E-state index contributed by atoms with van der Waals surface area (Å²) in [5, 5.41) is 12.5. The molecular weight excluding hydrogens is 294 g/mol. The Morgan fingerprint density at radius 1 is 1.22 bits per heavy atom. The number of rotatable bonds is 5. The normalized spacial score (nSPS) is 11.3. The monoisotopic (exact) mass is 315 g/mol. The average Bonchev–Trinajstić information content (AvgIpc) is 2.53. The molecule has 0 aliphatic rings. The number of ether oxygens (including phenoxy) is 1. The van der Waals surface area contributed by atoms with Crippen molar-refractivity contribution in [3.05, 3.63) is 41.2 Å². The second-order valence-corrected chi connectivity index (χ2v) is 5.06. The molecular formula is C16H21N5O2. The zero-order chi connectivity index (χ0) is 16.8. The first-order chi connectivity index (χ1) is 11.0. The van der Waals surface area contributed by atoms with Gasteiger partial charge in [-0.25, -0.2) is 9.97 Å². The fourth-order valence-corrected chi connectivity index (χ4v) is 2.02. The maximum atomic E-state index is 9.65. The van der Waals surface area contributed by atoms with Crippen LogP contribution >= 0.6 is 0 Å². The Bertz CT molecular complexity index is 675. The lowest BCUT2D eigenvalue weighted by Crippen LogP contribution is -2.24. The van der Waals surface area contributed by atoms with Crippen LogP contribution in [0.3, 0.4) is 0 Å². The minimum atomic E-state index is 0.0885. The average molecular weight is 315 g/mol. The molecule has 0 amide bonds. The molecule has 2 aromatic rings. The summed E-state index contributed by atoms with van der Waals surface area (Å²) >= 11 is 0. The molecule has 7 nitrogen and oxygen atoms in total. The molecule has 0 aliphatic heterocycles. The molecule has 1 aromatic carbocycles. The van der Waals surface area contributed by atoms with Crippen molar-refractivity contribution in [1.82, 2.24) is 9.97 Å². The highest BCUT2D eigenvalue weighted by molar-refractivity contribution is 5.90. The number of nitrogens with zero attached hydrogens (tertiary/aromatic N) is 3. The van der Waals surface area contributed by atoms with Gasteiger partial charge >= 0.3 is 0 Å². The highest BCUT2D eigenvalue weighted by atomic mass is 16.5. The van der Waals surface area contributed by atoms with E-state index in [9.17, 15) is 5.11 Å². The topological polar surface area (TPSA) is 106 Å². The number of anilines is 1. The van der Waals surface area contributed by atoms with E-state index < -0.39 is 0 Å². The summed E-state index contributed by atoms with van der Waals surface area (Å²) in [5.74, 6) is 1.48. The summed E-state index contributed by atoms with van der Waals surface area (Å²) < 4.78 is 5.12. The summed E-state index contributed by atoms with van der Waals surface area (Å²) in [6.45, 7) is 3.94. The molecule has 0 radical (unpaired) electrons. The van der Waals surface area contributed by atoms with Crippen LogP contribution in [0.5, 0.6) is 11.5 Å². The molecule has 0 saturated heterocycles. The van der Waals surface area contributed by atoms with Crippen LogP contribution in [0.2, 0.25) is 0 Å². The Hall–Kier alpha value is -2.83. The van der Waals surface area contributed by atoms with Gasteiger partial charge in [-0.3, -0.25) is 10.3 Å². The quantitative estimate of drug-likeness (QED) is 0.573. The molecule has 1 aromatic heterocycles. The van der Waals surface area contributed by atoms with E-state index in [2.05, 4.69) is 20.3 Å². The number of hydrogen-bond acceptors (Lipinski definition) is 5. The molecule has 2 rings (SSSR count). The van der Waals surface area contributed by atoms with Crippen molar-refractivity contribution < 1.29 is 9.84 Å². The van der Waals surface area contributed by atoms with Crippen molar-refractivity contribution >= 4 is 11.9 Å². The highest BCUT2D eigenvalue weighted by Gasteiger charge is 2.07. The van der Waals surface area contributed by atoms with Crippen molar-refractivity contribution in [3.8, 4) is 11.5 Å². The lowest BCUT2D eigenvalue weighted by Gasteiger charge is -2.08. The smallest absolute Gasteiger partial charge is 0.230 e. The van der Waals surface area contributed by atoms with Crippen molar-refractivity contribution in [2.24, 2.45) is 10.7 Å². The summed E-state index contributed by atoms with van der Waals surface area (Å²) in [5.41, 5.74) is 7.96. The number of methoxy groups -OCH3 is 1. The van der Waals surface area contributed by atoms with Crippen LogP contribution in [0.25, 0.3) is 0 Å². The number of nitrogens with two attached hydrogens (primary N) is 1. The third-order valence-corrected chi connectivity index (χ3v) is 3.31. The van der Waals surface area contributed by atoms with Gasteiger partial charge < -0.3 is 15.6 Å². The Balaban J connectivity index is 1.92. The SMILES string of the molecule is COc1ccc(CCN=C(N)Nc2nc(C)c(O)c(C)n2)cc1. The predicted octanol–water partition coefficient (Wildman–Crippen LogP) is 1.78. The summed E-state index contributed by atoms with van der Waals surface area (Å²) in [6, 6.07) is 7.81. The maximum absolute atomic E-state index is 9.65. The van der Waals surface area contributed by atoms with E-state index in [0.29, 0.717) is 23.9 Å². The Morgan fingerprint density at radius 2 is 1.83 bits per heavy atom. The van der Waals surface area contributed by atoms with Crippen LogP contribution in [0.4, 0.5) is 5.95 Å². The molecule has 0 bridgehead atoms. The molecule has 0 fully saturated rings. The van der Waals surface area contributed by atoms with E-state index in [1.807, 2.05) is 24.3 Å². The lowest BCUT2D eigenvalue weighted by atomic mass is 10.1. The van der Waals surface area contributed by atoms with E-state index in [1.54, 1.807) is 21.0 Å². The zero-order valence-corrected chi connectivity index (χ0v) is 13.5. The molecule has 0 unspecified atom stereocenters. The van der Waals surface area contributed by atoms with Crippen LogP contribution in [0, 0.1) is 13.8 Å². The number of guanidine groups is 1. The van der Waals surface area contributed by atoms with Crippen LogP contribution in [0.1, 0.15) is 17.0 Å². The molecule has 0 atom stereocenters. The number of hydrogen-bond donors (Lipinski definition) is 3. The summed E-state index contributed by atoms with van der Waals surface area (Å²) in [6.07, 6.45) is 0.765. The Morgan fingerprint density at radius 3 is 2.39 bits per heavy atom. The molecule has 0 saturated carbocycles. The standard InChI is InChI=1S/C16H21N5O2/c1-10-14(22)11(2)20-16(19-10)21-15(17)18-9-8-12-4-6-13(23-3)7-5-12/h4-7,22H,8-9H2,1-3H3,(H3,17,18,19,20,21). The van der Waals surface area contributed by atoms with Gasteiger partial charge in [0, 0.05) is 6.54 Å². The van der Waals surface area contributed by atoms with Gasteiger partial charge in [-0.15, -0.1) is 0 Å². The number of aromatic nitrogens is 2. The van der Waals surface area contributed by atoms with E-state index in [4.69, 9.17) is 10.5 Å². The van der Waals surface area contributed by atoms with E-state index in [-0.39, 0.29) is 11.7 Å². The van der Waals surface area contributed by atoms with Crippen LogP contribution < -0.4 is 15.8 Å². The third-order valence-electron chi connectivity index (χ3n) is 3.31. The molecule has 0 spiro atoms. The fraction of sp³-hybridized carbons (Fsp3) is 0.312. The van der Waals surface area contributed by atoms with E-state index >= 15 is 0 Å². The maximum Gasteiger partial charge on any atom is 0.230 e. The highest BCUT2D eigenvalue weighted by Crippen LogP contribution is 2.18. The fourth-order valence-electron chi connectivity index (χ4n) is 2.02. The molecule has 0 aliphatic carbocycles. The van der Waals surface area contributed by atoms with Gasteiger partial charge in [0.25, 0.3) is 0 Å². The van der Waals surface area contributed by atoms with Crippen molar-refractivity contribution in [1.29, 1.82) is 0 Å². The lowest BCUT2D eigenvalue weighted by molar-refractivity contribution is 0.414. The van der Waals surface area contributed by atoms with Crippen molar-refractivity contribution in [3.63, 3.8) is 0 Å². The van der Waals surface area contributed by atoms with Gasteiger partial charge in [0.1, 0.15) is 5.75 Å². The number of benzene rings is 1. The van der Waals surface area contributed by atoms with Gasteiger partial charge in [-0.05, 0) is 38.0 Å². The second-order valence-electron chi connectivity index (χ2n) is 5.06. The first-order valence-corrected chi connectivity index (χ1v) is 7.23. The Kier molecular flexibility index (Phi) is 5.35. The number of aliphatic imine (C=N–C) groups is 1. The van der Waals surface area contributed by atoms with E-state index in [0.717, 1.165) is 17.7 Å². The van der Waals surface area contributed by atoms with Gasteiger partial charge in [-0.1, -0.05) is 12.1 Å². The molecule has 23 heavy (non-hydrogen) atoms. The van der Waals surface area contributed by atoms with Gasteiger partial charge in [0.15, 0.2) is 11.7 Å². The zero-order valence-electron chi connectivity index (χ0n) is 13.5. The van der Waals surface area contributed by atoms with Gasteiger partial charge in [0.05, 0.1) is 18.5 Å². The predicted molar refractivity (Wildman–Crippen MR) is 90.0 cm³/mol. The van der Waals surface area contributed by atoms with Gasteiger partial charge in [0.2, 0.25) is 5.95 Å². The van der Waals surface area contributed by atoms with Crippen LogP contribution in [-0.2, 0) is 6.42 Å². The Labute approximate surface area is 135 Å². The van der Waals surface area contributed by atoms with E-state index in [1.165, 1.54) is 0 Å². The molecule has 4 N–H and O–H groups in total. The number of aromatic hydroxyl groups is 1. The minimum Gasteiger partial charge on any atom is -0.504 e. The third kappa shape index (κ3) is 4.57. The summed E-state index contributed by atoms with van der Waals surface area (Å²) in [7, 11) is 1.64. The largest absolute Gasteiger partial charge is 0.504 e. The first-order valence-electron chi connectivity index (χ1n) is 7.23. The van der Waals surface area contributed by atoms with Crippen molar-refractivity contribution in [2.75, 3.05) is 19.0 Å². The molecule has 1 heterocycles. The minimum absolute atomic E-state index is 0.0885. The van der Waals surface area contributed by atoms with Crippen LogP contribution in [0.15, 0.2) is 29.3 Å². The number of aryl methyl sites for hydroxylation is 2. The van der Waals surface area contributed by atoms with Crippen molar-refractivity contribution in [2.45, 2.75) is 20.3 Å². The first kappa shape index (κ1) is 16.5. The molecule has 7 heteroatoms. The van der Waals surface area contributed by atoms with Gasteiger partial charge in [-0.2, -0.15) is 0 Å². The second kappa shape index (κ2) is 7.44. The molecule has 122 valence electrons. The number of nitrogens with one attached hydrogen (secondary N) is 1. The van der Waals surface area contributed by atoms with Crippen LogP contribution in [-0.4, -0.2) is 34.7 Å².